The minimum atomic E-state index is -0.373. The summed E-state index contributed by atoms with van der Waals surface area (Å²) in [4.78, 5) is 12.0. The molecule has 0 atom stereocenters. The zero-order chi connectivity index (χ0) is 15.4. The average molecular weight is 365 g/mol. The summed E-state index contributed by atoms with van der Waals surface area (Å²) in [5.41, 5.74) is 1.07. The van der Waals surface area contributed by atoms with Gasteiger partial charge < -0.3 is 5.32 Å². The first kappa shape index (κ1) is 16.3. The minimum absolute atomic E-state index is 0.00132. The van der Waals surface area contributed by atoms with Gasteiger partial charge >= 0.3 is 0 Å². The first-order chi connectivity index (χ1) is 9.97. The topological polar surface area (TPSA) is 54.9 Å². The van der Waals surface area contributed by atoms with E-state index in [-0.39, 0.29) is 21.8 Å². The van der Waals surface area contributed by atoms with Crippen LogP contribution in [-0.4, -0.2) is 22.6 Å². The predicted octanol–water partition coefficient (Wildman–Crippen LogP) is 4.06. The smallest absolute Gasteiger partial charge is 0.254 e. The van der Waals surface area contributed by atoms with E-state index >= 15 is 0 Å². The lowest BCUT2D eigenvalue weighted by atomic mass is 10.1. The molecule has 0 saturated carbocycles. The van der Waals surface area contributed by atoms with E-state index in [1.807, 2.05) is 6.07 Å². The van der Waals surface area contributed by atoms with Crippen molar-refractivity contribution in [2.75, 3.05) is 6.54 Å². The first-order valence-electron chi connectivity index (χ1n) is 5.88. The number of hydrogen-bond acceptors (Lipinski definition) is 3. The number of halogens is 4. The number of aromatic nitrogens is 2. The third-order valence-corrected chi connectivity index (χ3v) is 3.71. The standard InChI is InChI=1S/C13H9Cl4N3O/c14-8-2-1-7(10(15)5-8)3-4-18-13(21)9-6-11(16)19-20-12(9)17/h1-2,5-6H,3-4H2,(H,18,21). The van der Waals surface area contributed by atoms with Crippen molar-refractivity contribution in [2.45, 2.75) is 6.42 Å². The SMILES string of the molecule is O=C(NCCc1ccc(Cl)cc1Cl)c1cc(Cl)nnc1Cl. The lowest BCUT2D eigenvalue weighted by molar-refractivity contribution is 0.0953. The molecule has 1 aromatic heterocycles. The number of carbonyl (C=O) groups is 1. The third kappa shape index (κ3) is 4.45. The Morgan fingerprint density at radius 1 is 1.10 bits per heavy atom. The maximum Gasteiger partial charge on any atom is 0.254 e. The molecule has 0 aliphatic rings. The Kier molecular flexibility index (Phi) is 5.65. The van der Waals surface area contributed by atoms with Crippen LogP contribution in [0.15, 0.2) is 24.3 Å². The highest BCUT2D eigenvalue weighted by Crippen LogP contribution is 2.21. The Labute approximate surface area is 141 Å². The second-order valence-electron chi connectivity index (χ2n) is 4.11. The molecule has 8 heteroatoms. The van der Waals surface area contributed by atoms with Crippen molar-refractivity contribution in [2.24, 2.45) is 0 Å². The average Bonchev–Trinajstić information content (AvgIpc) is 2.43. The minimum Gasteiger partial charge on any atom is -0.352 e. The number of rotatable bonds is 4. The largest absolute Gasteiger partial charge is 0.352 e. The normalized spacial score (nSPS) is 10.5. The molecule has 0 bridgehead atoms. The summed E-state index contributed by atoms with van der Waals surface area (Å²) in [6.45, 7) is 0.385. The number of hydrogen-bond donors (Lipinski definition) is 1. The van der Waals surface area contributed by atoms with Crippen molar-refractivity contribution in [1.82, 2.24) is 15.5 Å². The lowest BCUT2D eigenvalue weighted by Gasteiger charge is -2.08. The van der Waals surface area contributed by atoms with Crippen molar-refractivity contribution < 1.29 is 4.79 Å². The third-order valence-electron chi connectivity index (χ3n) is 2.66. The molecular formula is C13H9Cl4N3O. The summed E-state index contributed by atoms with van der Waals surface area (Å²) < 4.78 is 0. The Morgan fingerprint density at radius 3 is 2.57 bits per heavy atom. The highest BCUT2D eigenvalue weighted by atomic mass is 35.5. The van der Waals surface area contributed by atoms with Gasteiger partial charge in [-0.25, -0.2) is 0 Å². The van der Waals surface area contributed by atoms with Crippen molar-refractivity contribution >= 4 is 52.3 Å². The zero-order valence-corrected chi connectivity index (χ0v) is 13.6. The summed E-state index contributed by atoms with van der Waals surface area (Å²) >= 11 is 23.4. The van der Waals surface area contributed by atoms with Crippen molar-refractivity contribution in [1.29, 1.82) is 0 Å². The van der Waals surface area contributed by atoms with E-state index in [1.54, 1.807) is 12.1 Å². The van der Waals surface area contributed by atoms with Gasteiger partial charge in [0.05, 0.1) is 5.56 Å². The maximum atomic E-state index is 12.0. The van der Waals surface area contributed by atoms with Gasteiger partial charge in [0, 0.05) is 16.6 Å². The van der Waals surface area contributed by atoms with E-state index in [1.165, 1.54) is 6.07 Å². The first-order valence-corrected chi connectivity index (χ1v) is 7.39. The van der Waals surface area contributed by atoms with Crippen LogP contribution in [0, 0.1) is 0 Å². The van der Waals surface area contributed by atoms with Crippen LogP contribution in [0.4, 0.5) is 0 Å². The molecule has 0 saturated heterocycles. The van der Waals surface area contributed by atoms with E-state index in [9.17, 15) is 4.79 Å². The molecule has 1 amide bonds. The Bertz CT molecular complexity index is 678. The number of nitrogens with zero attached hydrogens (tertiary/aromatic N) is 2. The molecular weight excluding hydrogens is 356 g/mol. The van der Waals surface area contributed by atoms with Gasteiger partial charge in [-0.05, 0) is 30.2 Å². The van der Waals surface area contributed by atoms with Gasteiger partial charge in [0.15, 0.2) is 10.3 Å². The molecule has 2 rings (SSSR count). The van der Waals surface area contributed by atoms with Gasteiger partial charge in [0.2, 0.25) is 0 Å². The Balaban J connectivity index is 1.97. The van der Waals surface area contributed by atoms with Gasteiger partial charge in [0.25, 0.3) is 5.91 Å². The highest BCUT2D eigenvalue weighted by molar-refractivity contribution is 6.35. The molecule has 0 radical (unpaired) electrons. The number of benzene rings is 1. The van der Waals surface area contributed by atoms with Crippen LogP contribution < -0.4 is 5.32 Å². The molecule has 0 fully saturated rings. The molecule has 0 aliphatic carbocycles. The van der Waals surface area contributed by atoms with Gasteiger partial charge in [0.1, 0.15) is 0 Å². The van der Waals surface area contributed by atoms with E-state index in [0.29, 0.717) is 23.0 Å². The molecule has 1 aromatic carbocycles. The number of amides is 1. The van der Waals surface area contributed by atoms with Crippen molar-refractivity contribution in [3.05, 3.63) is 55.7 Å². The monoisotopic (exact) mass is 363 g/mol. The molecule has 4 nitrogen and oxygen atoms in total. The van der Waals surface area contributed by atoms with Crippen LogP contribution in [0.5, 0.6) is 0 Å². The fraction of sp³-hybridized carbons (Fsp3) is 0.154. The second-order valence-corrected chi connectivity index (χ2v) is 5.70. The van der Waals surface area contributed by atoms with E-state index in [0.717, 1.165) is 5.56 Å². The highest BCUT2D eigenvalue weighted by Gasteiger charge is 2.13. The van der Waals surface area contributed by atoms with Crippen LogP contribution in [-0.2, 0) is 6.42 Å². The molecule has 110 valence electrons. The fourth-order valence-electron chi connectivity index (χ4n) is 1.64. The molecule has 2 aromatic rings. The van der Waals surface area contributed by atoms with E-state index in [4.69, 9.17) is 46.4 Å². The fourth-order valence-corrected chi connectivity index (χ4v) is 2.47. The summed E-state index contributed by atoms with van der Waals surface area (Å²) in [6, 6.07) is 6.58. The summed E-state index contributed by atoms with van der Waals surface area (Å²) in [7, 11) is 0. The van der Waals surface area contributed by atoms with Crippen LogP contribution in [0.3, 0.4) is 0 Å². The van der Waals surface area contributed by atoms with Crippen LogP contribution in [0.25, 0.3) is 0 Å². The summed E-state index contributed by atoms with van der Waals surface area (Å²) in [6.07, 6.45) is 0.561. The predicted molar refractivity (Wildman–Crippen MR) is 84.6 cm³/mol. The maximum absolute atomic E-state index is 12.0. The Hall–Kier alpha value is -1.07. The van der Waals surface area contributed by atoms with Gasteiger partial charge in [-0.3, -0.25) is 4.79 Å². The molecule has 21 heavy (non-hydrogen) atoms. The van der Waals surface area contributed by atoms with E-state index in [2.05, 4.69) is 15.5 Å². The van der Waals surface area contributed by atoms with Gasteiger partial charge in [-0.1, -0.05) is 52.5 Å². The second kappa shape index (κ2) is 7.27. The summed E-state index contributed by atoms with van der Waals surface area (Å²) in [5, 5.41) is 11.1. The van der Waals surface area contributed by atoms with Gasteiger partial charge in [-0.2, -0.15) is 0 Å². The van der Waals surface area contributed by atoms with E-state index < -0.39 is 0 Å². The summed E-state index contributed by atoms with van der Waals surface area (Å²) in [5.74, 6) is -0.373. The lowest BCUT2D eigenvalue weighted by Crippen LogP contribution is -2.26. The molecule has 0 unspecified atom stereocenters. The van der Waals surface area contributed by atoms with Crippen molar-refractivity contribution in [3.63, 3.8) is 0 Å². The zero-order valence-electron chi connectivity index (χ0n) is 10.5. The van der Waals surface area contributed by atoms with Crippen LogP contribution in [0.1, 0.15) is 15.9 Å². The number of carbonyl (C=O) groups excluding carboxylic acids is 1. The van der Waals surface area contributed by atoms with Crippen LogP contribution >= 0.6 is 46.4 Å². The van der Waals surface area contributed by atoms with Crippen LogP contribution in [0.2, 0.25) is 20.4 Å². The molecule has 1 N–H and O–H groups in total. The quantitative estimate of drug-likeness (QED) is 0.889. The molecule has 0 aliphatic heterocycles. The molecule has 0 spiro atoms. The Morgan fingerprint density at radius 2 is 1.86 bits per heavy atom. The number of nitrogens with one attached hydrogen (secondary N) is 1. The van der Waals surface area contributed by atoms with Crippen molar-refractivity contribution in [3.8, 4) is 0 Å². The molecule has 1 heterocycles. The van der Waals surface area contributed by atoms with Gasteiger partial charge in [-0.15, -0.1) is 10.2 Å².